The van der Waals surface area contributed by atoms with E-state index in [1.807, 2.05) is 0 Å². The number of hydrogen-bond donors (Lipinski definition) is 0. The first kappa shape index (κ1) is 17.5. The van der Waals surface area contributed by atoms with Gasteiger partial charge in [0.2, 0.25) is 5.88 Å². The molecule has 8 heteroatoms. The molecule has 1 aromatic heterocycles. The molecule has 3 aliphatic heterocycles. The van der Waals surface area contributed by atoms with Gasteiger partial charge in [0.25, 0.3) is 11.5 Å². The van der Waals surface area contributed by atoms with Crippen molar-refractivity contribution in [2.24, 2.45) is 0 Å². The van der Waals surface area contributed by atoms with Crippen LogP contribution in [-0.2, 0) is 4.74 Å². The highest BCUT2D eigenvalue weighted by atomic mass is 16.5. The molecule has 29 heavy (non-hydrogen) atoms. The van der Waals surface area contributed by atoms with E-state index in [-0.39, 0.29) is 29.0 Å². The first-order valence-corrected chi connectivity index (χ1v) is 9.37. The molecular formula is C21H19N3O5. The standard InChI is InChI=1S/C21H19N3O5/c1-27-12-5-6-16-14(10-12)20(25)23-8-3-4-17(23)18-22-19-15(21(26)24(16)18)11-13(28-2)7-9-29-19/h5-7,9-11,17H,3-4,8H2,1-2H3/t17-/m0/s1. The molecular weight excluding hydrogens is 374 g/mol. The summed E-state index contributed by atoms with van der Waals surface area (Å²) in [6, 6.07) is 4.85. The number of hydrogen-bond acceptors (Lipinski definition) is 6. The maximum absolute atomic E-state index is 13.6. The van der Waals surface area contributed by atoms with Gasteiger partial charge in [0.05, 0.1) is 37.8 Å². The fraction of sp³-hybridized carbons (Fsp3) is 0.286. The van der Waals surface area contributed by atoms with Crippen LogP contribution in [0.5, 0.6) is 11.6 Å². The third kappa shape index (κ3) is 2.55. The molecule has 148 valence electrons. The number of nitrogens with zero attached hydrogens (tertiary/aromatic N) is 3. The van der Waals surface area contributed by atoms with Crippen molar-refractivity contribution in [2.75, 3.05) is 20.8 Å². The van der Waals surface area contributed by atoms with Gasteiger partial charge in [-0.3, -0.25) is 14.2 Å². The van der Waals surface area contributed by atoms with Crippen LogP contribution in [0.25, 0.3) is 11.8 Å². The number of aromatic nitrogens is 2. The van der Waals surface area contributed by atoms with Gasteiger partial charge in [-0.1, -0.05) is 0 Å². The quantitative estimate of drug-likeness (QED) is 0.779. The summed E-state index contributed by atoms with van der Waals surface area (Å²) in [5.41, 5.74) is 0.875. The van der Waals surface area contributed by atoms with E-state index in [9.17, 15) is 9.59 Å². The van der Waals surface area contributed by atoms with Crippen molar-refractivity contribution in [3.63, 3.8) is 0 Å². The normalized spacial score (nSPS) is 19.1. The molecule has 0 N–H and O–H groups in total. The second kappa shape index (κ2) is 6.51. The molecule has 3 aliphatic rings. The van der Waals surface area contributed by atoms with Gasteiger partial charge in [0, 0.05) is 12.6 Å². The third-order valence-corrected chi connectivity index (χ3v) is 5.53. The number of allylic oxidation sites excluding steroid dienone is 1. The van der Waals surface area contributed by atoms with Crippen molar-refractivity contribution < 1.29 is 19.0 Å². The number of ether oxygens (including phenoxy) is 3. The molecule has 1 saturated heterocycles. The molecule has 1 fully saturated rings. The Kier molecular flexibility index (Phi) is 3.94. The first-order valence-electron chi connectivity index (χ1n) is 9.37. The molecule has 0 unspecified atom stereocenters. The lowest BCUT2D eigenvalue weighted by atomic mass is 10.1. The van der Waals surface area contributed by atoms with E-state index < -0.39 is 0 Å². The van der Waals surface area contributed by atoms with Crippen LogP contribution in [0.15, 0.2) is 41.1 Å². The summed E-state index contributed by atoms with van der Waals surface area (Å²) in [6.07, 6.45) is 6.25. The summed E-state index contributed by atoms with van der Waals surface area (Å²) in [7, 11) is 3.07. The third-order valence-electron chi connectivity index (χ3n) is 5.53. The maximum atomic E-state index is 13.6. The van der Waals surface area contributed by atoms with E-state index in [2.05, 4.69) is 4.98 Å². The smallest absolute Gasteiger partial charge is 0.269 e. The summed E-state index contributed by atoms with van der Waals surface area (Å²) in [5.74, 6) is 1.62. The van der Waals surface area contributed by atoms with Gasteiger partial charge in [0.15, 0.2) is 0 Å². The van der Waals surface area contributed by atoms with Crippen molar-refractivity contribution in [2.45, 2.75) is 18.9 Å². The lowest BCUT2D eigenvalue weighted by Crippen LogP contribution is -2.31. The zero-order valence-electron chi connectivity index (χ0n) is 16.0. The molecule has 1 amide bonds. The highest BCUT2D eigenvalue weighted by Gasteiger charge is 2.39. The Bertz CT molecular complexity index is 1150. The van der Waals surface area contributed by atoms with Gasteiger partial charge in [-0.2, -0.15) is 4.98 Å². The molecule has 0 spiro atoms. The van der Waals surface area contributed by atoms with E-state index in [0.717, 1.165) is 12.8 Å². The fourth-order valence-electron chi connectivity index (χ4n) is 4.12. The Morgan fingerprint density at radius 2 is 2.07 bits per heavy atom. The second-order valence-electron chi connectivity index (χ2n) is 7.04. The van der Waals surface area contributed by atoms with Crippen LogP contribution >= 0.6 is 0 Å². The summed E-state index contributed by atoms with van der Waals surface area (Å²) in [5, 5.41) is 0. The minimum atomic E-state index is -0.309. The van der Waals surface area contributed by atoms with Gasteiger partial charge in [-0.15, -0.1) is 0 Å². The first-order chi connectivity index (χ1) is 14.1. The van der Waals surface area contributed by atoms with Crippen LogP contribution in [0, 0.1) is 0 Å². The van der Waals surface area contributed by atoms with Crippen LogP contribution in [0.2, 0.25) is 0 Å². The number of benzene rings is 1. The molecule has 0 bridgehead atoms. The Morgan fingerprint density at radius 3 is 2.86 bits per heavy atom. The summed E-state index contributed by atoms with van der Waals surface area (Å²) < 4.78 is 17.7. The summed E-state index contributed by atoms with van der Waals surface area (Å²) >= 11 is 0. The number of methoxy groups -OCH3 is 2. The second-order valence-corrected chi connectivity index (χ2v) is 7.04. The van der Waals surface area contributed by atoms with Gasteiger partial charge >= 0.3 is 0 Å². The van der Waals surface area contributed by atoms with E-state index >= 15 is 0 Å². The molecule has 5 rings (SSSR count). The van der Waals surface area contributed by atoms with E-state index in [1.165, 1.54) is 17.9 Å². The molecule has 0 radical (unpaired) electrons. The monoisotopic (exact) mass is 393 g/mol. The fourth-order valence-corrected chi connectivity index (χ4v) is 4.12. The van der Waals surface area contributed by atoms with Crippen LogP contribution in [0.1, 0.15) is 40.6 Å². The predicted octanol–water partition coefficient (Wildman–Crippen LogP) is 2.43. The summed E-state index contributed by atoms with van der Waals surface area (Å²) in [6.45, 7) is 0.613. The van der Waals surface area contributed by atoms with Crippen LogP contribution in [0.3, 0.4) is 0 Å². The Hall–Kier alpha value is -3.55. The van der Waals surface area contributed by atoms with Gasteiger partial charge in [0.1, 0.15) is 22.9 Å². The molecule has 8 nitrogen and oxygen atoms in total. The number of fused-ring (bicyclic) bond motifs is 6. The van der Waals surface area contributed by atoms with Gasteiger partial charge in [-0.25, -0.2) is 0 Å². The molecule has 4 heterocycles. The Labute approximate surface area is 166 Å². The molecule has 1 atom stereocenters. The van der Waals surface area contributed by atoms with Crippen molar-refractivity contribution in [3.8, 4) is 17.3 Å². The van der Waals surface area contributed by atoms with Crippen LogP contribution in [-0.4, -0.2) is 41.1 Å². The number of amides is 1. The highest BCUT2D eigenvalue weighted by Crippen LogP contribution is 2.38. The molecule has 2 aromatic rings. The van der Waals surface area contributed by atoms with Crippen molar-refractivity contribution in [3.05, 3.63) is 63.6 Å². The summed E-state index contributed by atoms with van der Waals surface area (Å²) in [4.78, 5) is 33.3. The minimum absolute atomic E-state index is 0.129. The molecule has 1 aromatic carbocycles. The largest absolute Gasteiger partial charge is 0.497 e. The SMILES string of the molecule is COC1=Cc2c(nc3n(c2=O)-c2ccc(OC)cc2C(=O)N2CCC[C@@H]32)OC=C1. The number of rotatable bonds is 2. The van der Waals surface area contributed by atoms with Crippen molar-refractivity contribution in [1.82, 2.24) is 14.5 Å². The molecule has 0 aliphatic carbocycles. The van der Waals surface area contributed by atoms with Crippen LogP contribution in [0.4, 0.5) is 0 Å². The topological polar surface area (TPSA) is 82.9 Å². The van der Waals surface area contributed by atoms with Crippen LogP contribution < -0.4 is 15.0 Å². The van der Waals surface area contributed by atoms with E-state index in [4.69, 9.17) is 14.2 Å². The van der Waals surface area contributed by atoms with Crippen molar-refractivity contribution >= 4 is 12.0 Å². The Balaban J connectivity index is 1.85. The molecule has 0 saturated carbocycles. The average Bonchev–Trinajstić information content (AvgIpc) is 3.09. The van der Waals surface area contributed by atoms with Gasteiger partial charge < -0.3 is 19.1 Å². The average molecular weight is 393 g/mol. The lowest BCUT2D eigenvalue weighted by Gasteiger charge is -2.22. The lowest BCUT2D eigenvalue weighted by molar-refractivity contribution is 0.0735. The zero-order valence-corrected chi connectivity index (χ0v) is 16.0. The predicted molar refractivity (Wildman–Crippen MR) is 104 cm³/mol. The van der Waals surface area contributed by atoms with Crippen molar-refractivity contribution in [1.29, 1.82) is 0 Å². The highest BCUT2D eigenvalue weighted by molar-refractivity contribution is 5.99. The number of carbonyl (C=O) groups is 1. The zero-order chi connectivity index (χ0) is 20.1. The van der Waals surface area contributed by atoms with Gasteiger partial charge in [-0.05, 0) is 37.1 Å². The Morgan fingerprint density at radius 1 is 1.21 bits per heavy atom. The van der Waals surface area contributed by atoms with E-state index in [1.54, 1.807) is 42.4 Å². The number of carbonyl (C=O) groups excluding carboxylic acids is 1. The minimum Gasteiger partial charge on any atom is -0.497 e. The maximum Gasteiger partial charge on any atom is 0.269 e. The van der Waals surface area contributed by atoms with E-state index in [0.29, 0.717) is 35.1 Å².